The Hall–Kier alpha value is -2.47. The van der Waals surface area contributed by atoms with Crippen LogP contribution in [0.4, 0.5) is 5.82 Å². The second kappa shape index (κ2) is 6.34. The van der Waals surface area contributed by atoms with Crippen LogP contribution in [0.2, 0.25) is 0 Å². The number of nitrogens with one attached hydrogen (secondary N) is 1. The topological polar surface area (TPSA) is 60.9 Å². The predicted octanol–water partition coefficient (Wildman–Crippen LogP) is 1.72. The number of hydrogen-bond acceptors (Lipinski definition) is 5. The molecule has 23 heavy (non-hydrogen) atoms. The van der Waals surface area contributed by atoms with E-state index in [0.717, 1.165) is 56.1 Å². The van der Waals surface area contributed by atoms with Crippen LogP contribution in [0, 0.1) is 0 Å². The molecule has 0 amide bonds. The number of H-pyrrole nitrogens is 1. The number of aromatic amines is 1. The monoisotopic (exact) mass is 308 g/mol. The van der Waals surface area contributed by atoms with Crippen LogP contribution in [-0.4, -0.2) is 57.6 Å². The molecule has 1 aromatic carbocycles. The van der Waals surface area contributed by atoms with Crippen molar-refractivity contribution in [2.45, 2.75) is 6.42 Å². The van der Waals surface area contributed by atoms with Crippen molar-refractivity contribution in [2.75, 3.05) is 37.6 Å². The maximum atomic E-state index is 4.45. The summed E-state index contributed by atoms with van der Waals surface area (Å²) in [5, 5.41) is 0. The van der Waals surface area contributed by atoms with Gasteiger partial charge in [0.1, 0.15) is 11.8 Å². The molecule has 1 saturated heterocycles. The first-order valence-electron chi connectivity index (χ1n) is 8.05. The van der Waals surface area contributed by atoms with Gasteiger partial charge in [-0.2, -0.15) is 0 Å². The summed E-state index contributed by atoms with van der Waals surface area (Å²) in [5.74, 6) is 0.968. The van der Waals surface area contributed by atoms with Crippen LogP contribution < -0.4 is 4.90 Å². The highest BCUT2D eigenvalue weighted by molar-refractivity contribution is 5.82. The summed E-state index contributed by atoms with van der Waals surface area (Å²) in [7, 11) is 0. The summed E-state index contributed by atoms with van der Waals surface area (Å²) in [6.45, 7) is 5.21. The highest BCUT2D eigenvalue weighted by Gasteiger charge is 2.20. The zero-order chi connectivity index (χ0) is 15.5. The number of imidazole rings is 1. The highest BCUT2D eigenvalue weighted by atomic mass is 15.3. The van der Waals surface area contributed by atoms with Gasteiger partial charge in [0.25, 0.3) is 0 Å². The largest absolute Gasteiger partial charge is 0.352 e. The average molecular weight is 308 g/mol. The summed E-state index contributed by atoms with van der Waals surface area (Å²) in [4.78, 5) is 20.8. The molecule has 0 radical (unpaired) electrons. The average Bonchev–Trinajstić information content (AvgIpc) is 3.10. The fourth-order valence-electron chi connectivity index (χ4n) is 3.11. The van der Waals surface area contributed by atoms with Crippen molar-refractivity contribution in [2.24, 2.45) is 0 Å². The van der Waals surface area contributed by atoms with Gasteiger partial charge >= 0.3 is 0 Å². The number of fused-ring (bicyclic) bond motifs is 1. The number of piperazine rings is 1. The molecule has 3 heterocycles. The molecule has 0 saturated carbocycles. The van der Waals surface area contributed by atoms with E-state index < -0.39 is 0 Å². The molecule has 118 valence electrons. The van der Waals surface area contributed by atoms with E-state index >= 15 is 0 Å². The van der Waals surface area contributed by atoms with E-state index in [1.54, 1.807) is 12.7 Å². The Bertz CT molecular complexity index is 761. The van der Waals surface area contributed by atoms with Gasteiger partial charge in [-0.1, -0.05) is 30.3 Å². The second-order valence-corrected chi connectivity index (χ2v) is 5.86. The molecule has 0 unspecified atom stereocenters. The third kappa shape index (κ3) is 3.03. The molecule has 4 rings (SSSR count). The van der Waals surface area contributed by atoms with Gasteiger partial charge in [-0.3, -0.25) is 4.90 Å². The van der Waals surface area contributed by atoms with E-state index in [2.05, 4.69) is 60.1 Å². The number of nitrogens with zero attached hydrogens (tertiary/aromatic N) is 5. The lowest BCUT2D eigenvalue weighted by Gasteiger charge is -2.35. The number of benzene rings is 1. The van der Waals surface area contributed by atoms with Crippen LogP contribution in [0.1, 0.15) is 5.56 Å². The van der Waals surface area contributed by atoms with Gasteiger partial charge in [-0.05, 0) is 12.0 Å². The number of rotatable bonds is 4. The summed E-state index contributed by atoms with van der Waals surface area (Å²) in [5.41, 5.74) is 3.08. The van der Waals surface area contributed by atoms with E-state index in [1.807, 2.05) is 0 Å². The van der Waals surface area contributed by atoms with Crippen molar-refractivity contribution >= 4 is 17.0 Å². The zero-order valence-electron chi connectivity index (χ0n) is 13.0. The number of anilines is 1. The Balaban J connectivity index is 1.37. The number of hydrogen-bond donors (Lipinski definition) is 1. The molecule has 2 aromatic heterocycles. The lowest BCUT2D eigenvalue weighted by atomic mass is 10.1. The molecule has 0 spiro atoms. The smallest absolute Gasteiger partial charge is 0.182 e. The highest BCUT2D eigenvalue weighted by Crippen LogP contribution is 2.20. The molecular weight excluding hydrogens is 288 g/mol. The summed E-state index contributed by atoms with van der Waals surface area (Å²) in [6, 6.07) is 10.7. The van der Waals surface area contributed by atoms with Crippen LogP contribution in [-0.2, 0) is 6.42 Å². The van der Waals surface area contributed by atoms with Gasteiger partial charge in [-0.25, -0.2) is 15.0 Å². The maximum absolute atomic E-state index is 4.45. The SMILES string of the molecule is c1ccc(CCN2CCN(c3ncnc4nc[nH]c34)CC2)cc1. The Labute approximate surface area is 135 Å². The molecule has 0 atom stereocenters. The first-order chi connectivity index (χ1) is 11.4. The van der Waals surface area contributed by atoms with Crippen molar-refractivity contribution in [3.8, 4) is 0 Å². The predicted molar refractivity (Wildman–Crippen MR) is 90.5 cm³/mol. The Morgan fingerprint density at radius 2 is 1.78 bits per heavy atom. The van der Waals surface area contributed by atoms with Crippen LogP contribution in [0.25, 0.3) is 11.2 Å². The lowest BCUT2D eigenvalue weighted by Crippen LogP contribution is -2.47. The molecule has 1 N–H and O–H groups in total. The molecule has 1 aliphatic heterocycles. The molecular formula is C17H20N6. The summed E-state index contributed by atoms with van der Waals surface area (Å²) < 4.78 is 0. The quantitative estimate of drug-likeness (QED) is 0.795. The van der Waals surface area contributed by atoms with Crippen LogP contribution in [0.5, 0.6) is 0 Å². The molecule has 3 aromatic rings. The minimum absolute atomic E-state index is 0.738. The minimum Gasteiger partial charge on any atom is -0.352 e. The van der Waals surface area contributed by atoms with E-state index in [0.29, 0.717) is 0 Å². The van der Waals surface area contributed by atoms with Crippen molar-refractivity contribution in [1.82, 2.24) is 24.8 Å². The Morgan fingerprint density at radius 3 is 2.61 bits per heavy atom. The third-order valence-corrected chi connectivity index (χ3v) is 4.43. The van der Waals surface area contributed by atoms with E-state index in [9.17, 15) is 0 Å². The molecule has 1 aliphatic rings. The van der Waals surface area contributed by atoms with Crippen molar-refractivity contribution in [3.05, 3.63) is 48.5 Å². The molecule has 6 nitrogen and oxygen atoms in total. The Morgan fingerprint density at radius 1 is 0.957 bits per heavy atom. The van der Waals surface area contributed by atoms with Gasteiger partial charge in [0.2, 0.25) is 0 Å². The van der Waals surface area contributed by atoms with Gasteiger partial charge in [0.05, 0.1) is 6.33 Å². The summed E-state index contributed by atoms with van der Waals surface area (Å²) in [6.07, 6.45) is 4.39. The van der Waals surface area contributed by atoms with Gasteiger partial charge in [-0.15, -0.1) is 0 Å². The van der Waals surface area contributed by atoms with Crippen LogP contribution in [0.3, 0.4) is 0 Å². The molecule has 1 fully saturated rings. The van der Waals surface area contributed by atoms with Crippen LogP contribution >= 0.6 is 0 Å². The molecule has 0 aliphatic carbocycles. The summed E-state index contributed by atoms with van der Waals surface area (Å²) >= 11 is 0. The van der Waals surface area contributed by atoms with Gasteiger partial charge in [0.15, 0.2) is 11.5 Å². The van der Waals surface area contributed by atoms with Crippen molar-refractivity contribution < 1.29 is 0 Å². The minimum atomic E-state index is 0.738. The van der Waals surface area contributed by atoms with Crippen molar-refractivity contribution in [1.29, 1.82) is 0 Å². The molecule has 6 heteroatoms. The zero-order valence-corrected chi connectivity index (χ0v) is 13.0. The fraction of sp³-hybridized carbons (Fsp3) is 0.353. The van der Waals surface area contributed by atoms with Crippen molar-refractivity contribution in [3.63, 3.8) is 0 Å². The van der Waals surface area contributed by atoms with E-state index in [4.69, 9.17) is 0 Å². The Kier molecular flexibility index (Phi) is 3.90. The fourth-order valence-corrected chi connectivity index (χ4v) is 3.11. The van der Waals surface area contributed by atoms with Gasteiger partial charge < -0.3 is 9.88 Å². The third-order valence-electron chi connectivity index (χ3n) is 4.43. The second-order valence-electron chi connectivity index (χ2n) is 5.86. The first-order valence-corrected chi connectivity index (χ1v) is 8.05. The first kappa shape index (κ1) is 14.1. The standard InChI is InChI=1S/C17H20N6/c1-2-4-14(5-3-1)6-7-22-8-10-23(11-9-22)17-15-16(19-12-18-15)20-13-21-17/h1-5,12-13H,6-11H2,(H,18,19,20,21). The van der Waals surface area contributed by atoms with E-state index in [-0.39, 0.29) is 0 Å². The normalized spacial score (nSPS) is 16.1. The van der Waals surface area contributed by atoms with Crippen LogP contribution in [0.15, 0.2) is 43.0 Å². The van der Waals surface area contributed by atoms with Gasteiger partial charge in [0, 0.05) is 32.7 Å². The number of aromatic nitrogens is 4. The lowest BCUT2D eigenvalue weighted by molar-refractivity contribution is 0.260. The van der Waals surface area contributed by atoms with E-state index in [1.165, 1.54) is 5.56 Å². The molecule has 0 bridgehead atoms. The maximum Gasteiger partial charge on any atom is 0.182 e.